The van der Waals surface area contributed by atoms with Crippen molar-refractivity contribution in [3.05, 3.63) is 72.1 Å². The van der Waals surface area contributed by atoms with Gasteiger partial charge in [0, 0.05) is 56.7 Å². The van der Waals surface area contributed by atoms with Gasteiger partial charge in [0.05, 0.1) is 6.04 Å². The van der Waals surface area contributed by atoms with E-state index in [2.05, 4.69) is 85.0 Å². The SMILES string of the molecule is C.CN(C)CCCC[C@@H]1NC(=O)C2CCCN2Cc2cccc(c2)Nc2cc(ncn2)Nc2cccc(c2)CN2CCN(CC2)C1=O. The van der Waals surface area contributed by atoms with E-state index in [0.717, 1.165) is 75.3 Å². The molecule has 1 aromatic heterocycles. The van der Waals surface area contributed by atoms with E-state index in [1.54, 1.807) is 6.33 Å². The van der Waals surface area contributed by atoms with Crippen LogP contribution in [-0.4, -0.2) is 107 Å². The predicted octanol–water partition coefficient (Wildman–Crippen LogP) is 4.44. The maximum atomic E-state index is 13.9. The van der Waals surface area contributed by atoms with E-state index >= 15 is 0 Å². The molecule has 7 rings (SSSR count). The minimum atomic E-state index is -0.503. The first kappa shape index (κ1) is 34.3. The molecule has 11 nitrogen and oxygen atoms in total. The number of anilines is 4. The summed E-state index contributed by atoms with van der Waals surface area (Å²) in [4.78, 5) is 45.4. The van der Waals surface area contributed by atoms with Gasteiger partial charge < -0.3 is 25.8 Å². The van der Waals surface area contributed by atoms with E-state index < -0.39 is 6.04 Å². The van der Waals surface area contributed by atoms with Crippen molar-refractivity contribution in [3.63, 3.8) is 0 Å². The standard InChI is InChI=1S/C35H47N9O2.CH4/c1-41(2)14-4-3-12-30-35(46)43-18-16-42(17-19-43)23-26-8-5-10-28(20-26)38-32-22-33(37-25-36-32)39-29-11-6-9-27(21-29)24-44-15-7-13-31(44)34(45)40-30;/h5-6,8-11,20-22,25,30-31H,3-4,7,12-19,23-24H2,1-2H3,(H,40,45)(H2,36,37,38,39);1H4/t30-,31?;/m0./s1. The number of fused-ring (bicyclic) bond motifs is 5. The topological polar surface area (TPSA) is 109 Å². The molecule has 5 heterocycles. The van der Waals surface area contributed by atoms with E-state index in [1.165, 1.54) is 5.56 Å². The molecule has 3 N–H and O–H groups in total. The number of nitrogens with one attached hydrogen (secondary N) is 3. The molecular formula is C36H51N9O2. The van der Waals surface area contributed by atoms with Gasteiger partial charge in [0.15, 0.2) is 0 Å². The van der Waals surface area contributed by atoms with Gasteiger partial charge in [0.1, 0.15) is 24.0 Å². The van der Waals surface area contributed by atoms with Gasteiger partial charge in [0.25, 0.3) is 0 Å². The Morgan fingerprint density at radius 3 is 2.15 bits per heavy atom. The summed E-state index contributed by atoms with van der Waals surface area (Å²) in [5.74, 6) is 1.42. The number of hydrogen-bond acceptors (Lipinski definition) is 9. The molecule has 4 aliphatic heterocycles. The number of piperazine rings is 1. The number of carbonyl (C=O) groups excluding carboxylic acids is 2. The Morgan fingerprint density at radius 2 is 1.49 bits per heavy atom. The molecule has 11 heteroatoms. The maximum Gasteiger partial charge on any atom is 0.245 e. The van der Waals surface area contributed by atoms with Gasteiger partial charge in [-0.1, -0.05) is 31.7 Å². The lowest BCUT2D eigenvalue weighted by Crippen LogP contribution is -2.56. The summed E-state index contributed by atoms with van der Waals surface area (Å²) >= 11 is 0. The third kappa shape index (κ3) is 9.27. The molecule has 47 heavy (non-hydrogen) atoms. The number of amides is 2. The van der Waals surface area contributed by atoms with Gasteiger partial charge in [-0.15, -0.1) is 0 Å². The highest BCUT2D eigenvalue weighted by Crippen LogP contribution is 2.25. The lowest BCUT2D eigenvalue weighted by atomic mass is 10.1. The van der Waals surface area contributed by atoms with Crippen molar-refractivity contribution in [1.82, 2.24) is 34.9 Å². The van der Waals surface area contributed by atoms with E-state index in [0.29, 0.717) is 37.7 Å². The Hall–Kier alpha value is -4.06. The van der Waals surface area contributed by atoms with E-state index in [9.17, 15) is 9.59 Å². The first-order chi connectivity index (χ1) is 22.4. The summed E-state index contributed by atoms with van der Waals surface area (Å²) in [5.41, 5.74) is 4.19. The van der Waals surface area contributed by atoms with Crippen LogP contribution in [0.15, 0.2) is 60.9 Å². The van der Waals surface area contributed by atoms with Gasteiger partial charge >= 0.3 is 0 Å². The zero-order valence-corrected chi connectivity index (χ0v) is 27.1. The summed E-state index contributed by atoms with van der Waals surface area (Å²) in [6.45, 7) is 6.16. The van der Waals surface area contributed by atoms with Crippen LogP contribution in [0.5, 0.6) is 0 Å². The van der Waals surface area contributed by atoms with Crippen LogP contribution < -0.4 is 16.0 Å². The fraction of sp³-hybridized carbons (Fsp3) is 0.500. The van der Waals surface area contributed by atoms with Crippen LogP contribution >= 0.6 is 0 Å². The smallest absolute Gasteiger partial charge is 0.245 e. The molecule has 0 saturated carbocycles. The van der Waals surface area contributed by atoms with E-state index in [4.69, 9.17) is 0 Å². The molecule has 0 radical (unpaired) electrons. The molecule has 0 aliphatic carbocycles. The summed E-state index contributed by atoms with van der Waals surface area (Å²) in [6, 6.07) is 17.8. The van der Waals surface area contributed by atoms with Crippen molar-refractivity contribution >= 4 is 34.8 Å². The lowest BCUT2D eigenvalue weighted by Gasteiger charge is -2.37. The summed E-state index contributed by atoms with van der Waals surface area (Å²) in [7, 11) is 4.13. The first-order valence-corrected chi connectivity index (χ1v) is 16.6. The van der Waals surface area contributed by atoms with Gasteiger partial charge in [-0.25, -0.2) is 9.97 Å². The average Bonchev–Trinajstić information content (AvgIpc) is 3.51. The molecular weight excluding hydrogens is 590 g/mol. The molecule has 2 fully saturated rings. The van der Waals surface area contributed by atoms with Gasteiger partial charge in [-0.3, -0.25) is 19.4 Å². The molecule has 2 saturated heterocycles. The minimum Gasteiger partial charge on any atom is -0.343 e. The van der Waals surface area contributed by atoms with Crippen LogP contribution in [-0.2, 0) is 22.7 Å². The number of carbonyl (C=O) groups is 2. The quantitative estimate of drug-likeness (QED) is 0.349. The van der Waals surface area contributed by atoms with Crippen molar-refractivity contribution < 1.29 is 9.59 Å². The lowest BCUT2D eigenvalue weighted by molar-refractivity contribution is -0.139. The van der Waals surface area contributed by atoms with Crippen molar-refractivity contribution in [1.29, 1.82) is 0 Å². The van der Waals surface area contributed by atoms with Crippen molar-refractivity contribution in [2.24, 2.45) is 0 Å². The van der Waals surface area contributed by atoms with Gasteiger partial charge in [-0.2, -0.15) is 0 Å². The number of benzene rings is 2. The number of unbranched alkanes of at least 4 members (excludes halogenated alkanes) is 1. The van der Waals surface area contributed by atoms with Crippen LogP contribution in [0.25, 0.3) is 0 Å². The Kier molecular flexibility index (Phi) is 11.8. The van der Waals surface area contributed by atoms with Crippen LogP contribution in [0.1, 0.15) is 50.7 Å². The Balaban J connectivity index is 0.00000433. The minimum absolute atomic E-state index is 0. The highest BCUT2D eigenvalue weighted by atomic mass is 16.2. The average molecular weight is 642 g/mol. The molecule has 2 amide bonds. The van der Waals surface area contributed by atoms with Crippen LogP contribution in [0.4, 0.5) is 23.0 Å². The van der Waals surface area contributed by atoms with Crippen molar-refractivity contribution in [2.75, 3.05) is 64.0 Å². The van der Waals surface area contributed by atoms with Crippen LogP contribution in [0.2, 0.25) is 0 Å². The second-order valence-electron chi connectivity index (χ2n) is 13.0. The predicted molar refractivity (Wildman–Crippen MR) is 188 cm³/mol. The molecule has 3 aromatic rings. The zero-order valence-electron chi connectivity index (χ0n) is 27.1. The number of hydrogen-bond donors (Lipinski definition) is 3. The second kappa shape index (κ2) is 16.2. The fourth-order valence-electron chi connectivity index (χ4n) is 6.74. The third-order valence-electron chi connectivity index (χ3n) is 9.17. The summed E-state index contributed by atoms with van der Waals surface area (Å²) in [5, 5.41) is 10.1. The maximum absolute atomic E-state index is 13.9. The summed E-state index contributed by atoms with van der Waals surface area (Å²) < 4.78 is 0. The van der Waals surface area contributed by atoms with Crippen LogP contribution in [0, 0.1) is 0 Å². The number of aromatic nitrogens is 2. The van der Waals surface area contributed by atoms with E-state index in [-0.39, 0.29) is 25.3 Å². The molecule has 2 atom stereocenters. The van der Waals surface area contributed by atoms with Gasteiger partial charge in [-0.05, 0) is 94.7 Å². The summed E-state index contributed by atoms with van der Waals surface area (Å²) in [6.07, 6.45) is 5.84. The molecule has 8 bridgehead atoms. The van der Waals surface area contributed by atoms with Crippen molar-refractivity contribution in [2.45, 2.75) is 64.7 Å². The molecule has 1 unspecified atom stereocenters. The van der Waals surface area contributed by atoms with Gasteiger partial charge in [0.2, 0.25) is 11.8 Å². The molecule has 0 spiro atoms. The number of nitrogens with zero attached hydrogens (tertiary/aromatic N) is 6. The highest BCUT2D eigenvalue weighted by Gasteiger charge is 2.35. The van der Waals surface area contributed by atoms with Crippen LogP contribution in [0.3, 0.4) is 0 Å². The first-order valence-electron chi connectivity index (χ1n) is 16.6. The molecule has 4 aliphatic rings. The Labute approximate surface area is 279 Å². The van der Waals surface area contributed by atoms with Crippen molar-refractivity contribution in [3.8, 4) is 0 Å². The molecule has 2 aromatic carbocycles. The second-order valence-corrected chi connectivity index (χ2v) is 13.0. The Morgan fingerprint density at radius 1 is 0.830 bits per heavy atom. The van der Waals surface area contributed by atoms with E-state index in [1.807, 2.05) is 29.2 Å². The molecule has 252 valence electrons. The Bertz CT molecular complexity index is 1490. The fourth-order valence-corrected chi connectivity index (χ4v) is 6.74. The highest BCUT2D eigenvalue weighted by molar-refractivity contribution is 5.90. The largest absolute Gasteiger partial charge is 0.343 e. The normalized spacial score (nSPS) is 22.1. The number of rotatable bonds is 5. The third-order valence-corrected chi connectivity index (χ3v) is 9.17. The monoisotopic (exact) mass is 641 g/mol. The zero-order chi connectivity index (χ0) is 31.9.